The topological polar surface area (TPSA) is 110 Å². The molecule has 1 aromatic heterocycles. The van der Waals surface area contributed by atoms with E-state index >= 15 is 0 Å². The predicted molar refractivity (Wildman–Crippen MR) is 138 cm³/mol. The Hall–Kier alpha value is -3.54. The summed E-state index contributed by atoms with van der Waals surface area (Å²) < 4.78 is 30.8. The lowest BCUT2D eigenvalue weighted by molar-refractivity contribution is 0.201. The first-order valence-electron chi connectivity index (χ1n) is 11.4. The highest BCUT2D eigenvalue weighted by Gasteiger charge is 2.33. The average molecular weight is 506 g/mol. The Morgan fingerprint density at radius 3 is 2.56 bits per heavy atom. The Kier molecular flexibility index (Phi) is 7.82. The molecule has 0 spiro atoms. The van der Waals surface area contributed by atoms with Gasteiger partial charge in [0.25, 0.3) is 0 Å². The molecule has 0 saturated carbocycles. The Labute approximate surface area is 211 Å². The van der Waals surface area contributed by atoms with E-state index in [1.807, 2.05) is 44.2 Å². The summed E-state index contributed by atoms with van der Waals surface area (Å²) in [6.07, 6.45) is 5.57. The van der Waals surface area contributed by atoms with Crippen molar-refractivity contribution in [2.45, 2.75) is 26.8 Å². The van der Waals surface area contributed by atoms with Crippen LogP contribution in [0, 0.1) is 25.2 Å². The van der Waals surface area contributed by atoms with E-state index in [9.17, 15) is 4.57 Å². The molecule has 0 unspecified atom stereocenters. The van der Waals surface area contributed by atoms with Gasteiger partial charge in [0.2, 0.25) is 11.8 Å². The van der Waals surface area contributed by atoms with Gasteiger partial charge in [-0.3, -0.25) is 9.05 Å². The molecule has 36 heavy (non-hydrogen) atoms. The van der Waals surface area contributed by atoms with Gasteiger partial charge in [-0.1, -0.05) is 6.07 Å². The van der Waals surface area contributed by atoms with Gasteiger partial charge < -0.3 is 10.1 Å². The van der Waals surface area contributed by atoms with Crippen LogP contribution in [0.25, 0.3) is 6.08 Å². The number of nitriles is 1. The first-order valence-corrected chi connectivity index (χ1v) is 12.9. The number of benzene rings is 2. The fourth-order valence-electron chi connectivity index (χ4n) is 4.20. The maximum Gasteiger partial charge on any atom is 0.407 e. The first-order chi connectivity index (χ1) is 17.3. The molecule has 4 rings (SSSR count). The minimum Gasteiger partial charge on any atom is -0.438 e. The number of rotatable bonds is 8. The summed E-state index contributed by atoms with van der Waals surface area (Å²) in [5.74, 6) is 1.55. The SMILES string of the molecule is COP(=O)(OC)N1CCc2cc(Nc3nccc(Oc4c(C)cc(/C=C/C#N)cc4C)n3)ccc2C1. The summed E-state index contributed by atoms with van der Waals surface area (Å²) in [4.78, 5) is 8.84. The molecule has 0 amide bonds. The van der Waals surface area contributed by atoms with Crippen LogP contribution in [-0.2, 0) is 26.6 Å². The summed E-state index contributed by atoms with van der Waals surface area (Å²) in [7, 11) is -0.462. The predicted octanol–water partition coefficient (Wildman–Crippen LogP) is 5.93. The van der Waals surface area contributed by atoms with E-state index in [0.29, 0.717) is 31.3 Å². The zero-order chi connectivity index (χ0) is 25.7. The summed E-state index contributed by atoms with van der Waals surface area (Å²) in [5, 5.41) is 12.0. The van der Waals surface area contributed by atoms with Crippen molar-refractivity contribution >= 4 is 25.5 Å². The van der Waals surface area contributed by atoms with Gasteiger partial charge in [-0.2, -0.15) is 10.2 Å². The van der Waals surface area contributed by atoms with Crippen molar-refractivity contribution in [3.63, 3.8) is 0 Å². The Bertz CT molecular complexity index is 1350. The summed E-state index contributed by atoms with van der Waals surface area (Å²) in [6.45, 7) is 4.97. The van der Waals surface area contributed by atoms with E-state index in [1.54, 1.807) is 23.0 Å². The molecule has 3 aromatic rings. The van der Waals surface area contributed by atoms with Crippen LogP contribution in [0.4, 0.5) is 11.6 Å². The van der Waals surface area contributed by atoms with Crippen LogP contribution in [0.3, 0.4) is 0 Å². The minimum atomic E-state index is -3.26. The van der Waals surface area contributed by atoms with Gasteiger partial charge in [-0.25, -0.2) is 14.2 Å². The van der Waals surface area contributed by atoms with Crippen molar-refractivity contribution < 1.29 is 18.3 Å². The maximum absolute atomic E-state index is 12.7. The number of aromatic nitrogens is 2. The second-order valence-corrected chi connectivity index (χ2v) is 10.6. The lowest BCUT2D eigenvalue weighted by Gasteiger charge is -2.32. The highest BCUT2D eigenvalue weighted by Crippen LogP contribution is 2.52. The van der Waals surface area contributed by atoms with Crippen LogP contribution >= 0.6 is 7.75 Å². The number of hydrogen-bond acceptors (Lipinski definition) is 8. The van der Waals surface area contributed by atoms with Crippen LogP contribution in [0.5, 0.6) is 11.6 Å². The molecule has 0 radical (unpaired) electrons. The third-order valence-electron chi connectivity index (χ3n) is 5.93. The van der Waals surface area contributed by atoms with Gasteiger partial charge in [-0.05, 0) is 78.4 Å². The Balaban J connectivity index is 1.48. The monoisotopic (exact) mass is 505 g/mol. The molecule has 0 aliphatic carbocycles. The highest BCUT2D eigenvalue weighted by atomic mass is 31.2. The average Bonchev–Trinajstić information content (AvgIpc) is 2.89. The molecule has 0 fully saturated rings. The fourth-order valence-corrected chi connectivity index (χ4v) is 5.48. The zero-order valence-electron chi connectivity index (χ0n) is 20.7. The normalized spacial score (nSPS) is 13.9. The van der Waals surface area contributed by atoms with Crippen LogP contribution in [0.1, 0.15) is 27.8 Å². The molecule has 2 aromatic carbocycles. The number of allylic oxidation sites excluding steroid dienone is 1. The van der Waals surface area contributed by atoms with Crippen molar-refractivity contribution in [3.8, 4) is 17.7 Å². The Morgan fingerprint density at radius 1 is 1.11 bits per heavy atom. The lowest BCUT2D eigenvalue weighted by atomic mass is 10.0. The van der Waals surface area contributed by atoms with Crippen LogP contribution in [-0.4, -0.2) is 35.4 Å². The number of nitrogens with zero attached hydrogens (tertiary/aromatic N) is 4. The highest BCUT2D eigenvalue weighted by molar-refractivity contribution is 7.51. The van der Waals surface area contributed by atoms with Crippen molar-refractivity contribution in [1.29, 1.82) is 5.26 Å². The molecule has 2 heterocycles. The van der Waals surface area contributed by atoms with E-state index in [1.165, 1.54) is 20.3 Å². The number of fused-ring (bicyclic) bond motifs is 1. The van der Waals surface area contributed by atoms with Crippen molar-refractivity contribution in [3.05, 3.63) is 76.5 Å². The molecule has 0 atom stereocenters. The zero-order valence-corrected chi connectivity index (χ0v) is 21.6. The van der Waals surface area contributed by atoms with E-state index in [0.717, 1.165) is 39.3 Å². The van der Waals surface area contributed by atoms with Crippen LogP contribution in [0.15, 0.2) is 48.7 Å². The van der Waals surface area contributed by atoms with Crippen LogP contribution in [0.2, 0.25) is 0 Å². The second kappa shape index (κ2) is 11.0. The Morgan fingerprint density at radius 2 is 1.86 bits per heavy atom. The molecule has 0 bridgehead atoms. The molecular weight excluding hydrogens is 477 g/mol. The minimum absolute atomic E-state index is 0.414. The quantitative estimate of drug-likeness (QED) is 0.294. The van der Waals surface area contributed by atoms with Gasteiger partial charge in [0, 0.05) is 51.3 Å². The number of ether oxygens (including phenoxy) is 1. The van der Waals surface area contributed by atoms with E-state index in [4.69, 9.17) is 19.0 Å². The standard InChI is InChI=1S/C26H28N5O4P/c1-18-14-20(6-5-11-27)15-19(2)25(18)35-24-9-12-28-26(30-24)29-23-8-7-22-17-31(13-10-21(22)16-23)36(32,33-3)34-4/h5-9,12,14-16H,10,13,17H2,1-4H3,(H,28,29,30)/b6-5+. The van der Waals surface area contributed by atoms with Crippen molar-refractivity contribution in [1.82, 2.24) is 14.6 Å². The van der Waals surface area contributed by atoms with Crippen molar-refractivity contribution in [2.75, 3.05) is 26.1 Å². The smallest absolute Gasteiger partial charge is 0.407 e. The van der Waals surface area contributed by atoms with Crippen molar-refractivity contribution in [2.24, 2.45) is 0 Å². The summed E-state index contributed by atoms with van der Waals surface area (Å²) >= 11 is 0. The number of hydrogen-bond donors (Lipinski definition) is 1. The largest absolute Gasteiger partial charge is 0.438 e. The molecular formula is C26H28N5O4P. The maximum atomic E-state index is 12.7. The van der Waals surface area contributed by atoms with Gasteiger partial charge in [0.15, 0.2) is 0 Å². The molecule has 1 N–H and O–H groups in total. The first kappa shape index (κ1) is 25.5. The summed E-state index contributed by atoms with van der Waals surface area (Å²) in [5.41, 5.74) is 5.89. The third-order valence-corrected chi connectivity index (χ3v) is 7.89. The van der Waals surface area contributed by atoms with Gasteiger partial charge in [-0.15, -0.1) is 0 Å². The molecule has 10 heteroatoms. The lowest BCUT2D eigenvalue weighted by Crippen LogP contribution is -2.29. The molecule has 186 valence electrons. The number of aryl methyl sites for hydroxylation is 2. The van der Waals surface area contributed by atoms with E-state index in [-0.39, 0.29) is 0 Å². The van der Waals surface area contributed by atoms with Crippen LogP contribution < -0.4 is 10.1 Å². The summed E-state index contributed by atoms with van der Waals surface area (Å²) in [6, 6.07) is 13.6. The number of nitrogens with one attached hydrogen (secondary N) is 1. The van der Waals surface area contributed by atoms with E-state index in [2.05, 4.69) is 21.4 Å². The molecule has 1 aliphatic heterocycles. The van der Waals surface area contributed by atoms with Gasteiger partial charge >= 0.3 is 7.75 Å². The second-order valence-electron chi connectivity index (χ2n) is 8.35. The molecule has 0 saturated heterocycles. The van der Waals surface area contributed by atoms with Gasteiger partial charge in [0.05, 0.1) is 6.07 Å². The fraction of sp³-hybridized carbons (Fsp3) is 0.269. The molecule has 1 aliphatic rings. The van der Waals surface area contributed by atoms with E-state index < -0.39 is 7.75 Å². The third kappa shape index (κ3) is 5.64. The van der Waals surface area contributed by atoms with Gasteiger partial charge in [0.1, 0.15) is 5.75 Å². The molecule has 9 nitrogen and oxygen atoms in total. The number of anilines is 2.